The largest absolute Gasteiger partial charge is 0.460 e. The molecule has 2 heterocycles. The molecule has 0 saturated heterocycles. The number of rotatable bonds is 10. The fourth-order valence-electron chi connectivity index (χ4n) is 4.19. The van der Waals surface area contributed by atoms with Crippen LogP contribution < -0.4 is 10.5 Å². The number of nitrogens with zero attached hydrogens (tertiary/aromatic N) is 2. The first kappa shape index (κ1) is 28.6. The molecule has 0 aliphatic rings. The Morgan fingerprint density at radius 2 is 1.87 bits per heavy atom. The maximum absolute atomic E-state index is 12.9. The lowest BCUT2D eigenvalue weighted by Gasteiger charge is -2.25. The summed E-state index contributed by atoms with van der Waals surface area (Å²) in [7, 11) is -4.12. The van der Waals surface area contributed by atoms with Gasteiger partial charge in [0.25, 0.3) is 10.1 Å². The third kappa shape index (κ3) is 7.81. The number of benzene rings is 2. The highest BCUT2D eigenvalue weighted by molar-refractivity contribution is 7.85. The molecule has 0 unspecified atom stereocenters. The lowest BCUT2D eigenvalue weighted by atomic mass is 10.1. The predicted octanol–water partition coefficient (Wildman–Crippen LogP) is 5.20. The number of aromatic nitrogens is 2. The Labute approximate surface area is 230 Å². The lowest BCUT2D eigenvalue weighted by Crippen LogP contribution is -2.28. The number of H-pyrrole nitrogens is 1. The molecule has 0 fully saturated rings. The molecule has 10 nitrogen and oxygen atoms in total. The molecule has 2 aromatic carbocycles. The van der Waals surface area contributed by atoms with Crippen molar-refractivity contribution in [3.05, 3.63) is 57.9 Å². The van der Waals surface area contributed by atoms with Gasteiger partial charge >= 0.3 is 11.6 Å². The number of aromatic amines is 1. The Morgan fingerprint density at radius 3 is 2.59 bits per heavy atom. The van der Waals surface area contributed by atoms with E-state index in [2.05, 4.69) is 9.97 Å². The Kier molecular flexibility index (Phi) is 8.34. The van der Waals surface area contributed by atoms with E-state index in [9.17, 15) is 18.0 Å². The molecule has 208 valence electrons. The highest BCUT2D eigenvalue weighted by Gasteiger charge is 2.18. The molecule has 0 atom stereocenters. The van der Waals surface area contributed by atoms with E-state index < -0.39 is 27.1 Å². The minimum absolute atomic E-state index is 0.169. The van der Waals surface area contributed by atoms with Gasteiger partial charge in [-0.1, -0.05) is 11.6 Å². The molecule has 4 aromatic rings. The summed E-state index contributed by atoms with van der Waals surface area (Å²) in [6, 6.07) is 12.2. The van der Waals surface area contributed by atoms with Crippen molar-refractivity contribution in [1.29, 1.82) is 0 Å². The maximum atomic E-state index is 12.9. The van der Waals surface area contributed by atoms with Crippen LogP contribution in [0.1, 0.15) is 40.0 Å². The molecule has 39 heavy (non-hydrogen) atoms. The summed E-state index contributed by atoms with van der Waals surface area (Å²) in [6.45, 7) is 6.10. The Hall–Kier alpha value is -3.41. The molecule has 0 radical (unpaired) electrons. The van der Waals surface area contributed by atoms with Crippen molar-refractivity contribution in [2.24, 2.45) is 0 Å². The highest BCUT2D eigenvalue weighted by Crippen LogP contribution is 2.27. The average molecular weight is 576 g/mol. The molecule has 4 rings (SSSR count). The fourth-order valence-corrected chi connectivity index (χ4v) is 4.85. The quantitative estimate of drug-likeness (QED) is 0.148. The fraction of sp³-hybridized carbons (Fsp3) is 0.370. The van der Waals surface area contributed by atoms with Crippen molar-refractivity contribution in [1.82, 2.24) is 9.97 Å². The van der Waals surface area contributed by atoms with Crippen molar-refractivity contribution >= 4 is 55.4 Å². The van der Waals surface area contributed by atoms with Crippen molar-refractivity contribution in [2.75, 3.05) is 23.7 Å². The molecule has 0 bridgehead atoms. The van der Waals surface area contributed by atoms with E-state index in [1.165, 1.54) is 0 Å². The number of carbonyl (C=O) groups excluding carboxylic acids is 1. The minimum atomic E-state index is -4.12. The van der Waals surface area contributed by atoms with Gasteiger partial charge < -0.3 is 19.0 Å². The van der Waals surface area contributed by atoms with E-state index in [0.29, 0.717) is 58.0 Å². The Bertz CT molecular complexity index is 1670. The van der Waals surface area contributed by atoms with Crippen molar-refractivity contribution in [2.45, 2.75) is 45.6 Å². The van der Waals surface area contributed by atoms with E-state index in [1.807, 2.05) is 11.0 Å². The first-order valence-electron chi connectivity index (χ1n) is 12.4. The third-order valence-corrected chi connectivity index (χ3v) is 6.88. The maximum Gasteiger partial charge on any atom is 0.347 e. The van der Waals surface area contributed by atoms with Gasteiger partial charge in [-0.25, -0.2) is 9.78 Å². The van der Waals surface area contributed by atoms with E-state index in [-0.39, 0.29) is 24.4 Å². The highest BCUT2D eigenvalue weighted by atomic mass is 35.5. The minimum Gasteiger partial charge on any atom is -0.460 e. The normalized spacial score (nSPS) is 12.2. The number of nitrogens with one attached hydrogen (secondary N) is 1. The summed E-state index contributed by atoms with van der Waals surface area (Å²) in [5, 5.41) is 1.21. The van der Waals surface area contributed by atoms with Crippen LogP contribution in [0.5, 0.6) is 0 Å². The van der Waals surface area contributed by atoms with E-state index in [4.69, 9.17) is 25.3 Å². The monoisotopic (exact) mass is 575 g/mol. The number of hydrogen-bond donors (Lipinski definition) is 2. The molecule has 12 heteroatoms. The molecule has 0 saturated carbocycles. The van der Waals surface area contributed by atoms with Gasteiger partial charge in [0, 0.05) is 41.7 Å². The van der Waals surface area contributed by atoms with Crippen molar-refractivity contribution in [3.63, 3.8) is 0 Å². The van der Waals surface area contributed by atoms with Crippen LogP contribution in [0.3, 0.4) is 0 Å². The van der Waals surface area contributed by atoms with Gasteiger partial charge in [0.1, 0.15) is 22.6 Å². The van der Waals surface area contributed by atoms with Crippen LogP contribution in [-0.4, -0.2) is 53.4 Å². The number of esters is 1. The summed E-state index contributed by atoms with van der Waals surface area (Å²) >= 11 is 6.05. The standard InChI is InChI=1S/C27H30ClN3O7S/c1-27(2,3)38-24(32)6-4-11-31(12-5-13-39(34,35)36)19-9-7-17-14-20(26(33)37-23(17)16-19)25-29-21-10-8-18(28)15-22(21)30-25/h7-10,14-16H,4-6,11-13H2,1-3H3,(H,29,30)(H,34,35,36). The number of anilines is 1. The number of halogens is 1. The molecule has 0 spiro atoms. The van der Waals surface area contributed by atoms with Crippen LogP contribution in [0, 0.1) is 0 Å². The molecule has 0 amide bonds. The lowest BCUT2D eigenvalue weighted by molar-refractivity contribution is -0.154. The van der Waals surface area contributed by atoms with E-state index in [0.717, 1.165) is 0 Å². The van der Waals surface area contributed by atoms with Crippen LogP contribution in [0.15, 0.2) is 51.7 Å². The zero-order valence-electron chi connectivity index (χ0n) is 21.9. The van der Waals surface area contributed by atoms with Crippen LogP contribution in [0.4, 0.5) is 5.69 Å². The number of hydrogen-bond acceptors (Lipinski definition) is 8. The number of fused-ring (bicyclic) bond motifs is 2. The van der Waals surface area contributed by atoms with E-state index in [1.54, 1.807) is 57.2 Å². The van der Waals surface area contributed by atoms with Gasteiger partial charge in [0.2, 0.25) is 0 Å². The summed E-state index contributed by atoms with van der Waals surface area (Å²) in [5.41, 5.74) is 1.48. The SMILES string of the molecule is CC(C)(C)OC(=O)CCCN(CCCS(=O)(=O)O)c1ccc2cc(-c3nc4ccc(Cl)cc4[nH]3)c(=O)oc2c1. The van der Waals surface area contributed by atoms with Crippen LogP contribution in [0.25, 0.3) is 33.4 Å². The van der Waals surface area contributed by atoms with Gasteiger partial charge in [0.05, 0.1) is 16.8 Å². The predicted molar refractivity (Wildman–Crippen MR) is 151 cm³/mol. The average Bonchev–Trinajstić information content (AvgIpc) is 3.23. The van der Waals surface area contributed by atoms with Crippen molar-refractivity contribution in [3.8, 4) is 11.4 Å². The number of carbonyl (C=O) groups is 1. The van der Waals surface area contributed by atoms with Crippen LogP contribution in [-0.2, 0) is 19.6 Å². The Morgan fingerprint density at radius 1 is 1.13 bits per heavy atom. The number of ether oxygens (including phenoxy) is 1. The molecular weight excluding hydrogens is 546 g/mol. The van der Waals surface area contributed by atoms with Crippen molar-refractivity contribution < 1.29 is 26.9 Å². The zero-order chi connectivity index (χ0) is 28.4. The summed E-state index contributed by atoms with van der Waals surface area (Å²) in [5.74, 6) is -0.365. The van der Waals surface area contributed by atoms with Crippen LogP contribution >= 0.6 is 11.6 Å². The first-order valence-corrected chi connectivity index (χ1v) is 14.4. The molecule has 0 aliphatic carbocycles. The molecule has 2 aromatic heterocycles. The second kappa shape index (κ2) is 11.4. The summed E-state index contributed by atoms with van der Waals surface area (Å²) in [4.78, 5) is 34.5. The van der Waals surface area contributed by atoms with Crippen LogP contribution in [0.2, 0.25) is 5.02 Å². The molecular formula is C27H30ClN3O7S. The third-order valence-electron chi connectivity index (χ3n) is 5.84. The van der Waals surface area contributed by atoms with Gasteiger partial charge in [0.15, 0.2) is 0 Å². The Balaban J connectivity index is 1.58. The number of imidazole rings is 1. The van der Waals surface area contributed by atoms with Gasteiger partial charge in [-0.05, 0) is 70.0 Å². The van der Waals surface area contributed by atoms with Gasteiger partial charge in [-0.3, -0.25) is 9.35 Å². The summed E-state index contributed by atoms with van der Waals surface area (Å²) in [6.07, 6.45) is 0.806. The van der Waals surface area contributed by atoms with Gasteiger partial charge in [-0.15, -0.1) is 0 Å². The first-order chi connectivity index (χ1) is 18.3. The zero-order valence-corrected chi connectivity index (χ0v) is 23.4. The molecule has 0 aliphatic heterocycles. The molecule has 2 N–H and O–H groups in total. The second-order valence-corrected chi connectivity index (χ2v) is 12.2. The summed E-state index contributed by atoms with van der Waals surface area (Å²) < 4.78 is 42.6. The smallest absolute Gasteiger partial charge is 0.347 e. The van der Waals surface area contributed by atoms with Gasteiger partial charge in [-0.2, -0.15) is 8.42 Å². The van der Waals surface area contributed by atoms with E-state index >= 15 is 0 Å². The topological polar surface area (TPSA) is 143 Å². The second-order valence-electron chi connectivity index (χ2n) is 10.2.